The van der Waals surface area contributed by atoms with E-state index >= 15 is 0 Å². The molecule has 2 heterocycles. The summed E-state index contributed by atoms with van der Waals surface area (Å²) in [6, 6.07) is 1.36. The Labute approximate surface area is 131 Å². The number of aromatic nitrogens is 3. The number of nitrogens with zero attached hydrogens (tertiary/aromatic N) is 3. The van der Waals surface area contributed by atoms with E-state index in [4.69, 9.17) is 16.4 Å². The number of unbranched alkanes of at least 4 members (excludes halogenated alkanes) is 4. The first-order chi connectivity index (χ1) is 10.4. The second kappa shape index (κ2) is 7.17. The SMILES string of the molecule is CCCCCCCOn1c(C(F)(F)F)nc2ncc(Cl)cc21. The first kappa shape index (κ1) is 16.9. The third kappa shape index (κ3) is 4.03. The maximum absolute atomic E-state index is 13.0. The van der Waals surface area contributed by atoms with Gasteiger partial charge in [-0.05, 0) is 18.9 Å². The normalized spacial score (nSPS) is 12.0. The molecular weight excluding hydrogens is 319 g/mol. The molecule has 0 N–H and O–H groups in total. The van der Waals surface area contributed by atoms with Gasteiger partial charge in [-0.25, -0.2) is 9.97 Å². The first-order valence-corrected chi connectivity index (χ1v) is 7.55. The summed E-state index contributed by atoms with van der Waals surface area (Å²) >= 11 is 5.79. The Hall–Kier alpha value is -1.50. The lowest BCUT2D eigenvalue weighted by molar-refractivity contribution is -0.155. The van der Waals surface area contributed by atoms with Gasteiger partial charge in [-0.15, -0.1) is 0 Å². The molecule has 0 unspecified atom stereocenters. The van der Waals surface area contributed by atoms with Gasteiger partial charge in [-0.1, -0.05) is 37.8 Å². The summed E-state index contributed by atoms with van der Waals surface area (Å²) in [4.78, 5) is 12.6. The molecule has 122 valence electrons. The number of rotatable bonds is 7. The average Bonchev–Trinajstić information content (AvgIpc) is 2.81. The van der Waals surface area contributed by atoms with E-state index in [1.165, 1.54) is 12.3 Å². The van der Waals surface area contributed by atoms with E-state index in [0.29, 0.717) is 11.2 Å². The van der Waals surface area contributed by atoms with E-state index < -0.39 is 12.0 Å². The van der Waals surface area contributed by atoms with Crippen molar-refractivity contribution >= 4 is 22.8 Å². The van der Waals surface area contributed by atoms with E-state index in [-0.39, 0.29) is 22.8 Å². The minimum Gasteiger partial charge on any atom is -0.412 e. The fraction of sp³-hybridized carbons (Fsp3) is 0.571. The molecule has 0 aliphatic carbocycles. The van der Waals surface area contributed by atoms with Crippen molar-refractivity contribution in [2.75, 3.05) is 6.61 Å². The zero-order valence-corrected chi connectivity index (χ0v) is 12.9. The summed E-state index contributed by atoms with van der Waals surface area (Å²) in [5, 5.41) is 0.230. The summed E-state index contributed by atoms with van der Waals surface area (Å²) in [7, 11) is 0. The first-order valence-electron chi connectivity index (χ1n) is 7.18. The van der Waals surface area contributed by atoms with Gasteiger partial charge in [-0.2, -0.15) is 17.9 Å². The number of halogens is 4. The molecule has 2 rings (SSSR count). The number of fused-ring (bicyclic) bond motifs is 1. The van der Waals surface area contributed by atoms with Crippen molar-refractivity contribution in [3.8, 4) is 0 Å². The van der Waals surface area contributed by atoms with Crippen molar-refractivity contribution in [3.63, 3.8) is 0 Å². The zero-order valence-electron chi connectivity index (χ0n) is 12.2. The molecule has 8 heteroatoms. The van der Waals surface area contributed by atoms with Crippen molar-refractivity contribution in [1.82, 2.24) is 14.7 Å². The van der Waals surface area contributed by atoms with Crippen LogP contribution in [0.1, 0.15) is 44.9 Å². The number of pyridine rings is 1. The summed E-state index contributed by atoms with van der Waals surface area (Å²) in [6.45, 7) is 2.28. The molecule has 0 saturated heterocycles. The molecular formula is C14H17ClF3N3O. The Bertz CT molecular complexity index is 628. The molecule has 0 bridgehead atoms. The van der Waals surface area contributed by atoms with Crippen molar-refractivity contribution in [1.29, 1.82) is 0 Å². The second-order valence-electron chi connectivity index (χ2n) is 4.97. The van der Waals surface area contributed by atoms with Gasteiger partial charge in [0.2, 0.25) is 0 Å². The van der Waals surface area contributed by atoms with Gasteiger partial charge >= 0.3 is 6.18 Å². The van der Waals surface area contributed by atoms with Gasteiger partial charge < -0.3 is 4.84 Å². The second-order valence-corrected chi connectivity index (χ2v) is 5.41. The van der Waals surface area contributed by atoms with Crippen LogP contribution in [0.15, 0.2) is 12.3 Å². The van der Waals surface area contributed by atoms with Crippen molar-refractivity contribution in [2.24, 2.45) is 0 Å². The number of hydrogen-bond acceptors (Lipinski definition) is 3. The lowest BCUT2D eigenvalue weighted by Crippen LogP contribution is -2.21. The molecule has 0 aliphatic heterocycles. The van der Waals surface area contributed by atoms with E-state index in [1.807, 2.05) is 0 Å². The predicted octanol–water partition coefficient (Wildman–Crippen LogP) is 4.50. The topological polar surface area (TPSA) is 39.9 Å². The quantitative estimate of drug-likeness (QED) is 0.699. The number of hydrogen-bond donors (Lipinski definition) is 0. The van der Waals surface area contributed by atoms with Crippen LogP contribution in [0, 0.1) is 0 Å². The third-order valence-corrected chi connectivity index (χ3v) is 3.37. The fourth-order valence-corrected chi connectivity index (χ4v) is 2.24. The molecule has 0 aromatic carbocycles. The lowest BCUT2D eigenvalue weighted by atomic mass is 10.2. The summed E-state index contributed by atoms with van der Waals surface area (Å²) in [5.74, 6) is -1.12. The Balaban J connectivity index is 2.16. The highest BCUT2D eigenvalue weighted by Crippen LogP contribution is 2.31. The van der Waals surface area contributed by atoms with Gasteiger partial charge in [0, 0.05) is 6.20 Å². The predicted molar refractivity (Wildman–Crippen MR) is 77.7 cm³/mol. The molecule has 2 aromatic heterocycles. The summed E-state index contributed by atoms with van der Waals surface area (Å²) in [6.07, 6.45) is 1.51. The molecule has 2 aromatic rings. The van der Waals surface area contributed by atoms with Crippen LogP contribution < -0.4 is 4.84 Å². The van der Waals surface area contributed by atoms with Crippen LogP contribution in [0.3, 0.4) is 0 Å². The number of imidazole rings is 1. The zero-order chi connectivity index (χ0) is 16.2. The molecule has 0 saturated carbocycles. The Morgan fingerprint density at radius 1 is 1.23 bits per heavy atom. The highest BCUT2D eigenvalue weighted by Gasteiger charge is 2.39. The Morgan fingerprint density at radius 3 is 2.64 bits per heavy atom. The van der Waals surface area contributed by atoms with E-state index in [9.17, 15) is 13.2 Å². The van der Waals surface area contributed by atoms with Crippen molar-refractivity contribution < 1.29 is 18.0 Å². The standard InChI is InChI=1S/C14H17ClF3N3O/c1-2-3-4-5-6-7-22-21-11-8-10(15)9-19-12(11)20-13(21)14(16,17)18/h8-9H,2-7H2,1H3. The van der Waals surface area contributed by atoms with E-state index in [2.05, 4.69) is 16.9 Å². The van der Waals surface area contributed by atoms with Crippen molar-refractivity contribution in [3.05, 3.63) is 23.1 Å². The van der Waals surface area contributed by atoms with Crippen LogP contribution in [-0.2, 0) is 6.18 Å². The van der Waals surface area contributed by atoms with Gasteiger partial charge in [0.15, 0.2) is 5.65 Å². The third-order valence-electron chi connectivity index (χ3n) is 3.16. The van der Waals surface area contributed by atoms with Crippen LogP contribution in [-0.4, -0.2) is 21.3 Å². The molecule has 0 radical (unpaired) electrons. The number of alkyl halides is 3. The Kier molecular flexibility index (Phi) is 5.50. The molecule has 0 amide bonds. The lowest BCUT2D eigenvalue weighted by Gasteiger charge is -2.12. The molecule has 0 atom stereocenters. The van der Waals surface area contributed by atoms with E-state index in [0.717, 1.165) is 25.7 Å². The van der Waals surface area contributed by atoms with Crippen LogP contribution >= 0.6 is 11.6 Å². The molecule has 4 nitrogen and oxygen atoms in total. The Morgan fingerprint density at radius 2 is 1.95 bits per heavy atom. The van der Waals surface area contributed by atoms with E-state index in [1.54, 1.807) is 0 Å². The largest absolute Gasteiger partial charge is 0.453 e. The van der Waals surface area contributed by atoms with Crippen molar-refractivity contribution in [2.45, 2.75) is 45.2 Å². The highest BCUT2D eigenvalue weighted by molar-refractivity contribution is 6.31. The van der Waals surface area contributed by atoms with Gasteiger partial charge in [0.05, 0.1) is 5.02 Å². The molecule has 0 fully saturated rings. The summed E-state index contributed by atoms with van der Waals surface area (Å²) in [5.41, 5.74) is 0.0797. The average molecular weight is 336 g/mol. The monoisotopic (exact) mass is 335 g/mol. The molecule has 0 spiro atoms. The van der Waals surface area contributed by atoms with Gasteiger partial charge in [-0.3, -0.25) is 0 Å². The van der Waals surface area contributed by atoms with Crippen LogP contribution in [0.4, 0.5) is 13.2 Å². The van der Waals surface area contributed by atoms with Gasteiger partial charge in [0.1, 0.15) is 12.1 Å². The van der Waals surface area contributed by atoms with Gasteiger partial charge in [0.25, 0.3) is 5.82 Å². The van der Waals surface area contributed by atoms with Crippen LogP contribution in [0.2, 0.25) is 5.02 Å². The minimum atomic E-state index is -4.62. The fourth-order valence-electron chi connectivity index (χ4n) is 2.09. The summed E-state index contributed by atoms with van der Waals surface area (Å²) < 4.78 is 39.8. The molecule has 22 heavy (non-hydrogen) atoms. The van der Waals surface area contributed by atoms with Crippen LogP contribution in [0.5, 0.6) is 0 Å². The minimum absolute atomic E-state index is 0.0392. The molecule has 0 aliphatic rings. The highest BCUT2D eigenvalue weighted by atomic mass is 35.5. The smallest absolute Gasteiger partial charge is 0.412 e. The maximum atomic E-state index is 13.0. The van der Waals surface area contributed by atoms with Crippen LogP contribution in [0.25, 0.3) is 11.2 Å². The maximum Gasteiger partial charge on any atom is 0.453 e.